The first-order valence-electron chi connectivity index (χ1n) is 10.8. The van der Waals surface area contributed by atoms with Gasteiger partial charge in [-0.1, -0.05) is 35.4 Å². The standard InChI is InChI=1S/C21H25ClN6O5S/c1-11-15(6-32-12(2)29)33-20(18(30-3)17(11)26-27-24)34-16-4-13(22)14(5-23)25-19(16)28-7-21(8-28)9-31-10-21/h4,11,15,17-18,20H,6-10H2,1-3H3/t11-,15?,17?,18-,20?/m0/s1. The SMILES string of the molecule is CO[C@@H]1C(Sc2cc(Cl)c(C#N)nc2N2CC3(COC3)C2)OC(COC(C)=O)[C@H](C)C1N=[N+]=[N-]. The molecule has 3 aliphatic rings. The van der Waals surface area contributed by atoms with Crippen molar-refractivity contribution in [3.63, 3.8) is 0 Å². The summed E-state index contributed by atoms with van der Waals surface area (Å²) >= 11 is 7.66. The predicted octanol–water partition coefficient (Wildman–Crippen LogP) is 3.15. The average Bonchev–Trinajstić information content (AvgIpc) is 2.74. The van der Waals surface area contributed by atoms with Crippen molar-refractivity contribution in [2.75, 3.05) is 44.9 Å². The molecule has 5 atom stereocenters. The molecule has 0 aliphatic carbocycles. The molecule has 3 saturated heterocycles. The third kappa shape index (κ3) is 4.77. The average molecular weight is 509 g/mol. The highest BCUT2D eigenvalue weighted by atomic mass is 35.5. The van der Waals surface area contributed by atoms with Gasteiger partial charge in [0.25, 0.3) is 0 Å². The molecule has 13 heteroatoms. The number of carbonyl (C=O) groups is 1. The minimum atomic E-state index is -0.607. The van der Waals surface area contributed by atoms with Gasteiger partial charge in [-0.15, -0.1) is 0 Å². The summed E-state index contributed by atoms with van der Waals surface area (Å²) in [5.74, 6) is -0.0447. The number of ether oxygens (including phenoxy) is 4. The van der Waals surface area contributed by atoms with E-state index >= 15 is 0 Å². The quantitative estimate of drug-likeness (QED) is 0.235. The predicted molar refractivity (Wildman–Crippen MR) is 123 cm³/mol. The van der Waals surface area contributed by atoms with Crippen LogP contribution in [0.2, 0.25) is 5.02 Å². The number of rotatable bonds is 7. The number of anilines is 1. The van der Waals surface area contributed by atoms with Crippen LogP contribution in [0.3, 0.4) is 0 Å². The van der Waals surface area contributed by atoms with Gasteiger partial charge in [0.15, 0.2) is 5.69 Å². The number of halogens is 1. The second kappa shape index (κ2) is 10.2. The third-order valence-electron chi connectivity index (χ3n) is 6.39. The molecule has 1 spiro atoms. The number of pyridine rings is 1. The van der Waals surface area contributed by atoms with Gasteiger partial charge < -0.3 is 23.8 Å². The fourth-order valence-corrected chi connectivity index (χ4v) is 6.07. The molecule has 0 bridgehead atoms. The zero-order chi connectivity index (χ0) is 24.5. The molecule has 3 aliphatic heterocycles. The highest BCUT2D eigenvalue weighted by molar-refractivity contribution is 8.00. The first-order valence-corrected chi connectivity index (χ1v) is 12.0. The van der Waals surface area contributed by atoms with E-state index in [0.29, 0.717) is 23.9 Å². The molecule has 0 amide bonds. The zero-order valence-corrected chi connectivity index (χ0v) is 20.6. The van der Waals surface area contributed by atoms with Gasteiger partial charge in [-0.25, -0.2) is 4.98 Å². The van der Waals surface area contributed by atoms with E-state index in [1.165, 1.54) is 25.8 Å². The van der Waals surface area contributed by atoms with Gasteiger partial charge in [0.2, 0.25) is 0 Å². The molecule has 4 rings (SSSR count). The molecule has 1 aromatic rings. The summed E-state index contributed by atoms with van der Waals surface area (Å²) in [6.07, 6.45) is -1.08. The molecule has 3 fully saturated rings. The Morgan fingerprint density at radius 1 is 1.53 bits per heavy atom. The zero-order valence-electron chi connectivity index (χ0n) is 19.0. The molecule has 0 aromatic carbocycles. The van der Waals surface area contributed by atoms with E-state index in [9.17, 15) is 10.1 Å². The fourth-order valence-electron chi connectivity index (χ4n) is 4.49. The Morgan fingerprint density at radius 3 is 2.82 bits per heavy atom. The highest BCUT2D eigenvalue weighted by Crippen LogP contribution is 2.46. The topological polar surface area (TPSA) is 143 Å². The van der Waals surface area contributed by atoms with E-state index in [-0.39, 0.29) is 28.7 Å². The lowest BCUT2D eigenvalue weighted by atomic mass is 9.78. The number of azide groups is 1. The number of methoxy groups -OCH3 is 1. The van der Waals surface area contributed by atoms with Crippen LogP contribution in [-0.4, -0.2) is 74.7 Å². The van der Waals surface area contributed by atoms with Gasteiger partial charge in [-0.2, -0.15) is 5.26 Å². The number of carbonyl (C=O) groups excluding carboxylic acids is 1. The highest BCUT2D eigenvalue weighted by Gasteiger charge is 2.50. The molecule has 0 saturated carbocycles. The summed E-state index contributed by atoms with van der Waals surface area (Å²) in [6.45, 7) is 6.19. The lowest BCUT2D eigenvalue weighted by molar-refractivity contribution is -0.162. The Labute approximate surface area is 206 Å². The van der Waals surface area contributed by atoms with Crippen LogP contribution < -0.4 is 4.90 Å². The van der Waals surface area contributed by atoms with E-state index in [2.05, 4.69) is 19.9 Å². The van der Waals surface area contributed by atoms with E-state index in [1.807, 2.05) is 13.0 Å². The molecule has 182 valence electrons. The number of thioether (sulfide) groups is 1. The van der Waals surface area contributed by atoms with Gasteiger partial charge in [0.05, 0.1) is 40.7 Å². The minimum Gasteiger partial charge on any atom is -0.463 e. The lowest BCUT2D eigenvalue weighted by Gasteiger charge is -2.55. The van der Waals surface area contributed by atoms with Crippen molar-refractivity contribution in [2.45, 2.75) is 42.4 Å². The second-order valence-electron chi connectivity index (χ2n) is 8.82. The van der Waals surface area contributed by atoms with Crippen LogP contribution in [0.15, 0.2) is 16.1 Å². The van der Waals surface area contributed by atoms with E-state index in [4.69, 9.17) is 36.1 Å². The molecule has 11 nitrogen and oxygen atoms in total. The van der Waals surface area contributed by atoms with E-state index in [1.54, 1.807) is 6.07 Å². The van der Waals surface area contributed by atoms with Crippen molar-refractivity contribution in [3.05, 3.63) is 27.2 Å². The number of esters is 1. The van der Waals surface area contributed by atoms with Crippen molar-refractivity contribution in [2.24, 2.45) is 16.4 Å². The Kier molecular flexibility index (Phi) is 7.42. The maximum absolute atomic E-state index is 11.4. The molecule has 1 aromatic heterocycles. The van der Waals surface area contributed by atoms with Crippen molar-refractivity contribution in [1.82, 2.24) is 4.98 Å². The van der Waals surface area contributed by atoms with Crippen LogP contribution in [0, 0.1) is 22.7 Å². The number of hydrogen-bond donors (Lipinski definition) is 0. The summed E-state index contributed by atoms with van der Waals surface area (Å²) in [4.78, 5) is 21.7. The summed E-state index contributed by atoms with van der Waals surface area (Å²) in [5, 5.41) is 13.7. The molecule has 3 unspecified atom stereocenters. The van der Waals surface area contributed by atoms with Crippen LogP contribution in [0.5, 0.6) is 0 Å². The van der Waals surface area contributed by atoms with Crippen LogP contribution >= 0.6 is 23.4 Å². The van der Waals surface area contributed by atoms with Crippen LogP contribution in [0.1, 0.15) is 19.5 Å². The smallest absolute Gasteiger partial charge is 0.302 e. The molecule has 0 radical (unpaired) electrons. The number of hydrogen-bond acceptors (Lipinski definition) is 10. The monoisotopic (exact) mass is 508 g/mol. The molecule has 4 heterocycles. The second-order valence-corrected chi connectivity index (χ2v) is 10.4. The Balaban J connectivity index is 1.63. The number of nitrogens with zero attached hydrogens (tertiary/aromatic N) is 6. The summed E-state index contributed by atoms with van der Waals surface area (Å²) in [7, 11) is 1.53. The first-order chi connectivity index (χ1) is 16.3. The lowest BCUT2D eigenvalue weighted by Crippen LogP contribution is -2.66. The molecule has 34 heavy (non-hydrogen) atoms. The summed E-state index contributed by atoms with van der Waals surface area (Å²) < 4.78 is 22.6. The Bertz CT molecular complexity index is 1040. The van der Waals surface area contributed by atoms with Crippen molar-refractivity contribution in [1.29, 1.82) is 5.26 Å². The van der Waals surface area contributed by atoms with Gasteiger partial charge in [0, 0.05) is 32.0 Å². The summed E-state index contributed by atoms with van der Waals surface area (Å²) in [6, 6.07) is 3.19. The van der Waals surface area contributed by atoms with Crippen molar-refractivity contribution < 1.29 is 23.7 Å². The number of nitriles is 1. The maximum atomic E-state index is 11.4. The maximum Gasteiger partial charge on any atom is 0.302 e. The molecular formula is C21H25ClN6O5S. The third-order valence-corrected chi connectivity index (χ3v) is 7.84. The van der Waals surface area contributed by atoms with Gasteiger partial charge in [-0.3, -0.25) is 4.79 Å². The van der Waals surface area contributed by atoms with E-state index < -0.39 is 29.7 Å². The Hall–Kier alpha value is -2.26. The molecule has 0 N–H and O–H groups in total. The summed E-state index contributed by atoms with van der Waals surface area (Å²) in [5.41, 5.74) is 8.83. The van der Waals surface area contributed by atoms with Gasteiger partial charge >= 0.3 is 5.97 Å². The Morgan fingerprint density at radius 2 is 2.26 bits per heavy atom. The number of aromatic nitrogens is 1. The molecular weight excluding hydrogens is 484 g/mol. The van der Waals surface area contributed by atoms with Crippen LogP contribution in [0.25, 0.3) is 10.4 Å². The van der Waals surface area contributed by atoms with Crippen LogP contribution in [0.4, 0.5) is 5.82 Å². The first kappa shape index (κ1) is 24.9. The van der Waals surface area contributed by atoms with Gasteiger partial charge in [-0.05, 0) is 17.5 Å². The van der Waals surface area contributed by atoms with Gasteiger partial charge in [0.1, 0.15) is 30.0 Å². The largest absolute Gasteiger partial charge is 0.463 e. The van der Waals surface area contributed by atoms with Crippen molar-refractivity contribution in [3.8, 4) is 6.07 Å². The normalized spacial score (nSPS) is 29.4. The van der Waals surface area contributed by atoms with Crippen molar-refractivity contribution >= 4 is 35.1 Å². The van der Waals surface area contributed by atoms with E-state index in [0.717, 1.165) is 13.1 Å². The van der Waals surface area contributed by atoms with Crippen LogP contribution in [-0.2, 0) is 23.7 Å². The minimum absolute atomic E-state index is 0.0231. The fraction of sp³-hybridized carbons (Fsp3) is 0.667.